The van der Waals surface area contributed by atoms with Crippen LogP contribution in [0, 0.1) is 0 Å². The van der Waals surface area contributed by atoms with Gasteiger partial charge in [0.2, 0.25) is 10.0 Å². The molecule has 2 aromatic rings. The van der Waals surface area contributed by atoms with E-state index in [2.05, 4.69) is 0 Å². The Balaban J connectivity index is 2.30. The monoisotopic (exact) mass is 372 g/mol. The predicted octanol–water partition coefficient (Wildman–Crippen LogP) is 3.25. The maximum Gasteiger partial charge on any atom is 0.416 e. The average Bonchev–Trinajstić information content (AvgIpc) is 2.58. The van der Waals surface area contributed by atoms with E-state index in [1.54, 1.807) is 24.3 Å². The van der Waals surface area contributed by atoms with Crippen molar-refractivity contribution in [2.45, 2.75) is 24.0 Å². The highest BCUT2D eigenvalue weighted by atomic mass is 32.2. The van der Waals surface area contributed by atoms with Crippen LogP contribution in [0.15, 0.2) is 59.5 Å². The van der Waals surface area contributed by atoms with Crippen molar-refractivity contribution in [1.29, 1.82) is 0 Å². The van der Waals surface area contributed by atoms with Gasteiger partial charge in [-0.15, -0.1) is 0 Å². The van der Waals surface area contributed by atoms with E-state index in [1.165, 1.54) is 4.31 Å². The van der Waals surface area contributed by atoms with Gasteiger partial charge in [0.15, 0.2) is 0 Å². The van der Waals surface area contributed by atoms with Gasteiger partial charge in [-0.3, -0.25) is 0 Å². The molecule has 0 aliphatic carbocycles. The third-order valence-electron chi connectivity index (χ3n) is 3.63. The van der Waals surface area contributed by atoms with Crippen molar-refractivity contribution in [1.82, 2.24) is 4.31 Å². The largest absolute Gasteiger partial charge is 0.416 e. The Morgan fingerprint density at radius 1 is 0.960 bits per heavy atom. The molecule has 4 nitrogen and oxygen atoms in total. The van der Waals surface area contributed by atoms with Crippen LogP contribution in [-0.4, -0.2) is 25.8 Å². The number of hydrogen-bond donors (Lipinski definition) is 1. The summed E-state index contributed by atoms with van der Waals surface area (Å²) in [5.41, 5.74) is 5.37. The van der Waals surface area contributed by atoms with Crippen molar-refractivity contribution in [2.75, 3.05) is 13.1 Å². The molecule has 0 atom stereocenters. The molecule has 8 heteroatoms. The lowest BCUT2D eigenvalue weighted by atomic mass is 10.2. The normalized spacial score (nSPS) is 12.5. The van der Waals surface area contributed by atoms with Gasteiger partial charge in [0.05, 0.1) is 10.5 Å². The van der Waals surface area contributed by atoms with Gasteiger partial charge in [-0.05, 0) is 42.8 Å². The van der Waals surface area contributed by atoms with Crippen LogP contribution in [0.3, 0.4) is 0 Å². The zero-order valence-corrected chi connectivity index (χ0v) is 14.2. The summed E-state index contributed by atoms with van der Waals surface area (Å²) in [6.45, 7) is 0.632. The van der Waals surface area contributed by atoms with Crippen molar-refractivity contribution < 1.29 is 21.6 Å². The van der Waals surface area contributed by atoms with Crippen LogP contribution in [0.2, 0.25) is 0 Å². The molecule has 0 aliphatic heterocycles. The summed E-state index contributed by atoms with van der Waals surface area (Å²) < 4.78 is 64.8. The predicted molar refractivity (Wildman–Crippen MR) is 89.2 cm³/mol. The van der Waals surface area contributed by atoms with Crippen molar-refractivity contribution in [3.05, 3.63) is 65.7 Å². The molecule has 0 radical (unpaired) electrons. The summed E-state index contributed by atoms with van der Waals surface area (Å²) in [7, 11) is -3.92. The quantitative estimate of drug-likeness (QED) is 0.812. The van der Waals surface area contributed by atoms with Crippen LogP contribution in [0.1, 0.15) is 17.5 Å². The maximum atomic E-state index is 12.8. The van der Waals surface area contributed by atoms with Crippen molar-refractivity contribution in [2.24, 2.45) is 5.73 Å². The van der Waals surface area contributed by atoms with Gasteiger partial charge in [0.25, 0.3) is 0 Å². The highest BCUT2D eigenvalue weighted by molar-refractivity contribution is 7.89. The van der Waals surface area contributed by atoms with Crippen molar-refractivity contribution in [3.63, 3.8) is 0 Å². The Kier molecular flexibility index (Phi) is 6.21. The molecule has 0 spiro atoms. The van der Waals surface area contributed by atoms with Gasteiger partial charge in [0, 0.05) is 13.1 Å². The SMILES string of the molecule is NCCCN(Cc1ccccc1)S(=O)(=O)c1ccc(C(F)(F)F)cc1. The first-order valence-corrected chi connectivity index (χ1v) is 9.10. The molecule has 136 valence electrons. The number of alkyl halides is 3. The summed E-state index contributed by atoms with van der Waals surface area (Å²) in [5, 5.41) is 0. The molecule has 2 N–H and O–H groups in total. The zero-order valence-electron chi connectivity index (χ0n) is 13.4. The Morgan fingerprint density at radius 2 is 1.56 bits per heavy atom. The fourth-order valence-corrected chi connectivity index (χ4v) is 3.77. The number of rotatable bonds is 7. The van der Waals surface area contributed by atoms with Crippen LogP contribution in [0.25, 0.3) is 0 Å². The van der Waals surface area contributed by atoms with Crippen LogP contribution < -0.4 is 5.73 Å². The van der Waals surface area contributed by atoms with Crippen molar-refractivity contribution in [3.8, 4) is 0 Å². The second-order valence-corrected chi connectivity index (χ2v) is 7.43. The average molecular weight is 372 g/mol. The lowest BCUT2D eigenvalue weighted by Crippen LogP contribution is -2.32. The van der Waals surface area contributed by atoms with E-state index in [1.807, 2.05) is 6.07 Å². The summed E-state index contributed by atoms with van der Waals surface area (Å²) >= 11 is 0. The summed E-state index contributed by atoms with van der Waals surface area (Å²) in [5.74, 6) is 0. The molecule has 0 heterocycles. The van der Waals surface area contributed by atoms with Crippen LogP contribution in [0.4, 0.5) is 13.2 Å². The smallest absolute Gasteiger partial charge is 0.330 e. The highest BCUT2D eigenvalue weighted by Crippen LogP contribution is 2.30. The van der Waals surface area contributed by atoms with Crippen LogP contribution in [-0.2, 0) is 22.7 Å². The summed E-state index contributed by atoms with van der Waals surface area (Å²) in [6, 6.07) is 12.5. The van der Waals surface area contributed by atoms with Gasteiger partial charge in [-0.2, -0.15) is 17.5 Å². The van der Waals surface area contributed by atoms with Gasteiger partial charge in [-0.1, -0.05) is 30.3 Å². The molecule has 0 unspecified atom stereocenters. The molecule has 25 heavy (non-hydrogen) atoms. The Labute approximate surface area is 145 Å². The lowest BCUT2D eigenvalue weighted by Gasteiger charge is -2.22. The number of nitrogens with zero attached hydrogens (tertiary/aromatic N) is 1. The van der Waals surface area contributed by atoms with E-state index in [4.69, 9.17) is 5.73 Å². The van der Waals surface area contributed by atoms with Crippen LogP contribution in [0.5, 0.6) is 0 Å². The fourth-order valence-electron chi connectivity index (χ4n) is 2.30. The van der Waals surface area contributed by atoms with E-state index in [0.717, 1.165) is 29.8 Å². The van der Waals surface area contributed by atoms with E-state index < -0.39 is 21.8 Å². The second-order valence-electron chi connectivity index (χ2n) is 5.49. The second kappa shape index (κ2) is 7.99. The van der Waals surface area contributed by atoms with E-state index in [9.17, 15) is 21.6 Å². The Hall–Kier alpha value is -1.90. The van der Waals surface area contributed by atoms with Gasteiger partial charge >= 0.3 is 6.18 Å². The Morgan fingerprint density at radius 3 is 2.08 bits per heavy atom. The standard InChI is InChI=1S/C17H19F3N2O2S/c18-17(19,20)15-7-9-16(10-8-15)25(23,24)22(12-4-11-21)13-14-5-2-1-3-6-14/h1-3,5-10H,4,11-13,21H2. The maximum absolute atomic E-state index is 12.8. The molecule has 0 fully saturated rings. The number of nitrogens with two attached hydrogens (primary N) is 1. The molecule has 0 saturated carbocycles. The summed E-state index contributed by atoms with van der Waals surface area (Å²) in [4.78, 5) is -0.173. The molecule has 2 rings (SSSR count). The molecule has 0 amide bonds. The first-order valence-electron chi connectivity index (χ1n) is 7.66. The number of hydrogen-bond acceptors (Lipinski definition) is 3. The number of benzene rings is 2. The molecule has 0 bridgehead atoms. The van der Waals surface area contributed by atoms with E-state index >= 15 is 0 Å². The minimum Gasteiger partial charge on any atom is -0.330 e. The first-order chi connectivity index (χ1) is 11.7. The van der Waals surface area contributed by atoms with Gasteiger partial charge < -0.3 is 5.73 Å². The fraction of sp³-hybridized carbons (Fsp3) is 0.294. The lowest BCUT2D eigenvalue weighted by molar-refractivity contribution is -0.137. The van der Waals surface area contributed by atoms with Gasteiger partial charge in [-0.25, -0.2) is 8.42 Å². The number of halogens is 3. The summed E-state index contributed by atoms with van der Waals surface area (Å²) in [6.07, 6.45) is -4.06. The Bertz CT molecular complexity index is 776. The highest BCUT2D eigenvalue weighted by Gasteiger charge is 2.31. The minimum atomic E-state index is -4.51. The number of sulfonamides is 1. The van der Waals surface area contributed by atoms with Crippen LogP contribution >= 0.6 is 0 Å². The molecule has 0 aliphatic rings. The molecule has 0 saturated heterocycles. The topological polar surface area (TPSA) is 63.4 Å². The molecular formula is C17H19F3N2O2S. The van der Waals surface area contributed by atoms with Crippen molar-refractivity contribution >= 4 is 10.0 Å². The first kappa shape index (κ1) is 19.4. The van der Waals surface area contributed by atoms with E-state index in [-0.39, 0.29) is 18.0 Å². The zero-order chi connectivity index (χ0) is 18.5. The third kappa shape index (κ3) is 5.04. The third-order valence-corrected chi connectivity index (χ3v) is 5.49. The van der Waals surface area contributed by atoms with E-state index in [0.29, 0.717) is 13.0 Å². The molecule has 0 aromatic heterocycles. The molecule has 2 aromatic carbocycles. The molecular weight excluding hydrogens is 353 g/mol. The van der Waals surface area contributed by atoms with Gasteiger partial charge in [0.1, 0.15) is 0 Å². The minimum absolute atomic E-state index is 0.129.